The summed E-state index contributed by atoms with van der Waals surface area (Å²) in [6, 6.07) is 10.3. The lowest BCUT2D eigenvalue weighted by molar-refractivity contribution is -0.126. The van der Waals surface area contributed by atoms with Crippen molar-refractivity contribution < 1.29 is 23.1 Å². The Bertz CT molecular complexity index is 980. The van der Waals surface area contributed by atoms with E-state index in [1.165, 1.54) is 4.90 Å². The molecular weight excluding hydrogens is 440 g/mol. The molecule has 0 aliphatic carbocycles. The largest absolute Gasteiger partial charge is 0.379 e. The Morgan fingerprint density at radius 1 is 1.16 bits per heavy atom. The second kappa shape index (κ2) is 9.94. The molecular formula is C23H24ClF2N3O3. The molecule has 32 heavy (non-hydrogen) atoms. The summed E-state index contributed by atoms with van der Waals surface area (Å²) in [5, 5.41) is 3.58. The molecule has 6 nitrogen and oxygen atoms in total. The maximum absolute atomic E-state index is 13.6. The van der Waals surface area contributed by atoms with Crippen LogP contribution in [0.3, 0.4) is 0 Å². The normalized spacial score (nSPS) is 20.4. The average Bonchev–Trinajstić information content (AvgIpc) is 3.17. The highest BCUT2D eigenvalue weighted by Crippen LogP contribution is 2.29. The van der Waals surface area contributed by atoms with Crippen LogP contribution in [0.25, 0.3) is 0 Å². The Kier molecular flexibility index (Phi) is 7.03. The highest BCUT2D eigenvalue weighted by atomic mass is 35.5. The van der Waals surface area contributed by atoms with Gasteiger partial charge in [-0.3, -0.25) is 14.5 Å². The molecule has 0 aromatic heterocycles. The van der Waals surface area contributed by atoms with Crippen molar-refractivity contribution in [3.63, 3.8) is 0 Å². The van der Waals surface area contributed by atoms with Gasteiger partial charge in [-0.1, -0.05) is 29.8 Å². The third kappa shape index (κ3) is 5.09. The van der Waals surface area contributed by atoms with Crippen LogP contribution in [-0.4, -0.2) is 56.1 Å². The van der Waals surface area contributed by atoms with Crippen LogP contribution < -0.4 is 10.2 Å². The summed E-state index contributed by atoms with van der Waals surface area (Å²) in [6.07, 6.45) is -0.0156. The maximum Gasteiger partial charge on any atom is 0.227 e. The zero-order valence-corrected chi connectivity index (χ0v) is 18.2. The summed E-state index contributed by atoms with van der Waals surface area (Å²) >= 11 is 6.43. The summed E-state index contributed by atoms with van der Waals surface area (Å²) in [4.78, 5) is 28.8. The first-order chi connectivity index (χ1) is 15.4. The maximum atomic E-state index is 13.6. The van der Waals surface area contributed by atoms with Crippen molar-refractivity contribution in [3.05, 3.63) is 64.7 Å². The number of carbonyl (C=O) groups excluding carboxylic acids is 2. The molecule has 2 aromatic carbocycles. The van der Waals surface area contributed by atoms with Gasteiger partial charge in [-0.2, -0.15) is 0 Å². The van der Waals surface area contributed by atoms with E-state index < -0.39 is 17.6 Å². The molecule has 0 spiro atoms. The van der Waals surface area contributed by atoms with Crippen molar-refractivity contribution in [2.45, 2.75) is 12.5 Å². The minimum Gasteiger partial charge on any atom is -0.379 e. The lowest BCUT2D eigenvalue weighted by atomic mass is 10.0. The highest BCUT2D eigenvalue weighted by Gasteiger charge is 2.36. The number of benzene rings is 2. The first kappa shape index (κ1) is 22.6. The van der Waals surface area contributed by atoms with Gasteiger partial charge in [0.2, 0.25) is 11.8 Å². The molecule has 0 bridgehead atoms. The van der Waals surface area contributed by atoms with E-state index in [9.17, 15) is 18.4 Å². The summed E-state index contributed by atoms with van der Waals surface area (Å²) in [5.41, 5.74) is 1.03. The van der Waals surface area contributed by atoms with Crippen LogP contribution in [0.15, 0.2) is 42.5 Å². The fourth-order valence-electron chi connectivity index (χ4n) is 4.24. The molecule has 4 rings (SSSR count). The SMILES string of the molecule is O=C(NCC(c1ccccc1Cl)N1CCOCC1)C1CC(=O)N(c2cc(F)cc(F)c2)C1. The van der Waals surface area contributed by atoms with E-state index in [1.54, 1.807) is 0 Å². The van der Waals surface area contributed by atoms with Gasteiger partial charge in [-0.25, -0.2) is 8.78 Å². The zero-order valence-electron chi connectivity index (χ0n) is 17.4. The molecule has 2 aliphatic rings. The number of anilines is 1. The molecule has 0 saturated carbocycles. The molecule has 2 aliphatic heterocycles. The molecule has 2 atom stereocenters. The molecule has 2 aromatic rings. The number of hydrogen-bond donors (Lipinski definition) is 1. The van der Waals surface area contributed by atoms with Crippen LogP contribution >= 0.6 is 11.6 Å². The van der Waals surface area contributed by atoms with Gasteiger partial charge in [0, 0.05) is 49.4 Å². The fraction of sp³-hybridized carbons (Fsp3) is 0.391. The van der Waals surface area contributed by atoms with E-state index in [1.807, 2.05) is 24.3 Å². The van der Waals surface area contributed by atoms with E-state index in [-0.39, 0.29) is 36.5 Å². The van der Waals surface area contributed by atoms with Crippen LogP contribution in [0.2, 0.25) is 5.02 Å². The average molecular weight is 464 g/mol. The van der Waals surface area contributed by atoms with Crippen LogP contribution in [0.4, 0.5) is 14.5 Å². The van der Waals surface area contributed by atoms with Crippen LogP contribution in [0, 0.1) is 17.6 Å². The van der Waals surface area contributed by atoms with Gasteiger partial charge >= 0.3 is 0 Å². The number of amides is 2. The molecule has 2 saturated heterocycles. The zero-order chi connectivity index (χ0) is 22.7. The number of morpholine rings is 1. The van der Waals surface area contributed by atoms with Crippen molar-refractivity contribution in [1.29, 1.82) is 0 Å². The van der Waals surface area contributed by atoms with Crippen LogP contribution in [-0.2, 0) is 14.3 Å². The second-order valence-electron chi connectivity index (χ2n) is 7.96. The molecule has 9 heteroatoms. The van der Waals surface area contributed by atoms with Crippen LogP contribution in [0.1, 0.15) is 18.0 Å². The minimum atomic E-state index is -0.770. The van der Waals surface area contributed by atoms with Crippen molar-refractivity contribution in [2.24, 2.45) is 5.92 Å². The molecule has 2 amide bonds. The van der Waals surface area contributed by atoms with E-state index in [2.05, 4.69) is 10.2 Å². The Hall–Kier alpha value is -2.55. The Morgan fingerprint density at radius 2 is 1.84 bits per heavy atom. The number of nitrogens with one attached hydrogen (secondary N) is 1. The van der Waals surface area contributed by atoms with Gasteiger partial charge in [-0.15, -0.1) is 0 Å². The molecule has 170 valence electrons. The molecule has 1 N–H and O–H groups in total. The molecule has 2 fully saturated rings. The third-order valence-electron chi connectivity index (χ3n) is 5.88. The standard InChI is InChI=1S/C23H24ClF2N3O3/c24-20-4-2-1-3-19(20)21(28-5-7-32-8-6-28)13-27-23(31)15-9-22(30)29(14-15)18-11-16(25)10-17(26)12-18/h1-4,10-12,15,21H,5-9,13-14H2,(H,27,31). The van der Waals surface area contributed by atoms with Crippen LogP contribution in [0.5, 0.6) is 0 Å². The predicted molar refractivity (Wildman–Crippen MR) is 116 cm³/mol. The lowest BCUT2D eigenvalue weighted by Crippen LogP contribution is -2.45. The molecule has 2 unspecified atom stereocenters. The Labute approximate surface area is 190 Å². The van der Waals surface area contributed by atoms with E-state index in [4.69, 9.17) is 16.3 Å². The van der Waals surface area contributed by atoms with Gasteiger partial charge in [0.15, 0.2) is 0 Å². The summed E-state index contributed by atoms with van der Waals surface area (Å²) < 4.78 is 32.6. The minimum absolute atomic E-state index is 0.0156. The number of rotatable bonds is 6. The van der Waals surface area contributed by atoms with E-state index >= 15 is 0 Å². The summed E-state index contributed by atoms with van der Waals surface area (Å²) in [6.45, 7) is 3.03. The number of carbonyl (C=O) groups is 2. The van der Waals surface area contributed by atoms with Gasteiger partial charge in [0.25, 0.3) is 0 Å². The summed E-state index contributed by atoms with van der Waals surface area (Å²) in [7, 11) is 0. The van der Waals surface area contributed by atoms with Crippen molar-refractivity contribution in [1.82, 2.24) is 10.2 Å². The van der Waals surface area contributed by atoms with Crippen molar-refractivity contribution in [3.8, 4) is 0 Å². The number of nitrogens with zero attached hydrogens (tertiary/aromatic N) is 2. The van der Waals surface area contributed by atoms with E-state index in [0.717, 1.165) is 23.8 Å². The number of hydrogen-bond acceptors (Lipinski definition) is 4. The van der Waals surface area contributed by atoms with Gasteiger partial charge < -0.3 is 15.0 Å². The monoisotopic (exact) mass is 463 g/mol. The van der Waals surface area contributed by atoms with Gasteiger partial charge in [0.1, 0.15) is 11.6 Å². The third-order valence-corrected chi connectivity index (χ3v) is 6.22. The van der Waals surface area contributed by atoms with Gasteiger partial charge in [0.05, 0.1) is 25.2 Å². The highest BCUT2D eigenvalue weighted by molar-refractivity contribution is 6.31. The first-order valence-corrected chi connectivity index (χ1v) is 10.9. The predicted octanol–water partition coefficient (Wildman–Crippen LogP) is 3.16. The quantitative estimate of drug-likeness (QED) is 0.715. The fourth-order valence-corrected chi connectivity index (χ4v) is 4.50. The first-order valence-electron chi connectivity index (χ1n) is 10.5. The topological polar surface area (TPSA) is 61.9 Å². The smallest absolute Gasteiger partial charge is 0.227 e. The summed E-state index contributed by atoms with van der Waals surface area (Å²) in [5.74, 6) is -2.76. The Morgan fingerprint density at radius 3 is 2.53 bits per heavy atom. The van der Waals surface area contributed by atoms with Gasteiger partial charge in [-0.05, 0) is 23.8 Å². The molecule has 2 heterocycles. The number of ether oxygens (including phenoxy) is 1. The Balaban J connectivity index is 1.44. The number of halogens is 3. The van der Waals surface area contributed by atoms with E-state index in [0.29, 0.717) is 37.9 Å². The van der Waals surface area contributed by atoms with Crippen molar-refractivity contribution >= 4 is 29.1 Å². The lowest BCUT2D eigenvalue weighted by Gasteiger charge is -2.35. The van der Waals surface area contributed by atoms with Crippen molar-refractivity contribution in [2.75, 3.05) is 44.3 Å². The molecule has 0 radical (unpaired) electrons. The second-order valence-corrected chi connectivity index (χ2v) is 8.37.